The van der Waals surface area contributed by atoms with Crippen LogP contribution in [0.4, 0.5) is 0 Å². The van der Waals surface area contributed by atoms with Crippen LogP contribution >= 0.6 is 11.6 Å². The first-order valence-electron chi connectivity index (χ1n) is 6.52. The number of piperidine rings is 1. The third kappa shape index (κ3) is 2.42. The highest BCUT2D eigenvalue weighted by molar-refractivity contribution is 6.30. The minimum atomic E-state index is -0.737. The van der Waals surface area contributed by atoms with Gasteiger partial charge in [-0.3, -0.25) is 0 Å². The highest BCUT2D eigenvalue weighted by Gasteiger charge is 2.46. The van der Waals surface area contributed by atoms with Crippen LogP contribution in [0.2, 0.25) is 5.02 Å². The van der Waals surface area contributed by atoms with Crippen LogP contribution < -0.4 is 0 Å². The van der Waals surface area contributed by atoms with E-state index >= 15 is 0 Å². The lowest BCUT2D eigenvalue weighted by atomic mass is 9.63. The van der Waals surface area contributed by atoms with Crippen molar-refractivity contribution in [2.45, 2.75) is 37.7 Å². The van der Waals surface area contributed by atoms with Crippen LogP contribution in [-0.2, 0) is 5.41 Å². The molecule has 0 aromatic heterocycles. The molecule has 0 spiro atoms. The lowest BCUT2D eigenvalue weighted by Crippen LogP contribution is -2.53. The minimum absolute atomic E-state index is 0.190. The molecular weight excluding hydrogens is 246 g/mol. The second-order valence-corrected chi connectivity index (χ2v) is 6.39. The van der Waals surface area contributed by atoms with Gasteiger partial charge in [0.05, 0.1) is 5.60 Å². The maximum absolute atomic E-state index is 10.7. The summed E-state index contributed by atoms with van der Waals surface area (Å²) in [6.45, 7) is 5.85. The zero-order valence-corrected chi connectivity index (χ0v) is 12.2. The van der Waals surface area contributed by atoms with Crippen LogP contribution in [0.3, 0.4) is 0 Å². The molecule has 0 unspecified atom stereocenters. The molecule has 1 N–H and O–H groups in total. The average Bonchev–Trinajstić information content (AvgIpc) is 2.28. The molecule has 0 aliphatic carbocycles. The van der Waals surface area contributed by atoms with E-state index in [2.05, 4.69) is 18.0 Å². The number of aliphatic hydroxyl groups is 1. The molecule has 0 amide bonds. The van der Waals surface area contributed by atoms with Gasteiger partial charge in [-0.05, 0) is 64.5 Å². The van der Waals surface area contributed by atoms with Gasteiger partial charge in [0.15, 0.2) is 0 Å². The summed E-state index contributed by atoms with van der Waals surface area (Å²) in [5.41, 5.74) is 0.235. The molecule has 2 rings (SSSR count). The number of rotatable bonds is 2. The first-order chi connectivity index (χ1) is 8.35. The zero-order chi connectivity index (χ0) is 13.4. The summed E-state index contributed by atoms with van der Waals surface area (Å²) in [5.74, 6) is 0. The van der Waals surface area contributed by atoms with Crippen LogP contribution in [0.5, 0.6) is 0 Å². The summed E-state index contributed by atoms with van der Waals surface area (Å²) in [6.07, 6.45) is 1.93. The van der Waals surface area contributed by atoms with E-state index in [1.165, 1.54) is 0 Å². The standard InChI is InChI=1S/C15H22ClNO/c1-14(2,18)15(7-9-17(3)10-8-15)12-5-4-6-13(16)11-12/h4-6,11,18H,7-10H2,1-3H3. The number of hydrogen-bond acceptors (Lipinski definition) is 2. The maximum atomic E-state index is 10.7. The second kappa shape index (κ2) is 4.84. The minimum Gasteiger partial charge on any atom is -0.390 e. The number of nitrogens with zero attached hydrogens (tertiary/aromatic N) is 1. The first-order valence-corrected chi connectivity index (χ1v) is 6.90. The number of likely N-dealkylation sites (tertiary alicyclic amines) is 1. The molecule has 1 heterocycles. The van der Waals surface area contributed by atoms with Gasteiger partial charge in [-0.2, -0.15) is 0 Å². The molecular formula is C15H22ClNO. The van der Waals surface area contributed by atoms with Gasteiger partial charge in [0.25, 0.3) is 0 Å². The Bertz CT molecular complexity index is 417. The van der Waals surface area contributed by atoms with Crippen molar-refractivity contribution >= 4 is 11.6 Å². The van der Waals surface area contributed by atoms with E-state index < -0.39 is 5.60 Å². The largest absolute Gasteiger partial charge is 0.390 e. The Morgan fingerprint density at radius 3 is 2.39 bits per heavy atom. The van der Waals surface area contributed by atoms with Crippen molar-refractivity contribution in [3.63, 3.8) is 0 Å². The van der Waals surface area contributed by atoms with Gasteiger partial charge in [-0.15, -0.1) is 0 Å². The van der Waals surface area contributed by atoms with Gasteiger partial charge >= 0.3 is 0 Å². The van der Waals surface area contributed by atoms with Crippen molar-refractivity contribution in [1.82, 2.24) is 4.90 Å². The first kappa shape index (κ1) is 13.9. The molecule has 0 saturated carbocycles. The summed E-state index contributed by atoms with van der Waals surface area (Å²) in [5, 5.41) is 11.4. The van der Waals surface area contributed by atoms with Gasteiger partial charge in [0.1, 0.15) is 0 Å². The van der Waals surface area contributed by atoms with E-state index in [9.17, 15) is 5.11 Å². The quantitative estimate of drug-likeness (QED) is 0.890. The topological polar surface area (TPSA) is 23.5 Å². The molecule has 18 heavy (non-hydrogen) atoms. The summed E-state index contributed by atoms with van der Waals surface area (Å²) < 4.78 is 0. The van der Waals surface area contributed by atoms with Gasteiger partial charge in [-0.1, -0.05) is 23.7 Å². The van der Waals surface area contributed by atoms with Crippen LogP contribution in [0.1, 0.15) is 32.3 Å². The van der Waals surface area contributed by atoms with Gasteiger partial charge in [0, 0.05) is 10.4 Å². The molecule has 1 fully saturated rings. The Labute approximate surface area is 115 Å². The summed E-state index contributed by atoms with van der Waals surface area (Å²) >= 11 is 6.11. The lowest BCUT2D eigenvalue weighted by molar-refractivity contribution is -0.0361. The van der Waals surface area contributed by atoms with Crippen LogP contribution in [-0.4, -0.2) is 35.7 Å². The van der Waals surface area contributed by atoms with Crippen molar-refractivity contribution in [2.75, 3.05) is 20.1 Å². The molecule has 0 bridgehead atoms. The maximum Gasteiger partial charge on any atom is 0.0688 e. The number of hydrogen-bond donors (Lipinski definition) is 1. The number of halogens is 1. The van der Waals surface area contributed by atoms with Crippen molar-refractivity contribution in [2.24, 2.45) is 0 Å². The monoisotopic (exact) mass is 267 g/mol. The van der Waals surface area contributed by atoms with Crippen molar-refractivity contribution in [3.8, 4) is 0 Å². The predicted octanol–water partition coefficient (Wildman–Crippen LogP) is 3.07. The van der Waals surface area contributed by atoms with Crippen molar-refractivity contribution in [3.05, 3.63) is 34.9 Å². The summed E-state index contributed by atoms with van der Waals surface area (Å²) in [7, 11) is 2.13. The van der Waals surface area contributed by atoms with Crippen LogP contribution in [0, 0.1) is 0 Å². The van der Waals surface area contributed by atoms with E-state index in [1.54, 1.807) is 0 Å². The highest BCUT2D eigenvalue weighted by Crippen LogP contribution is 2.44. The lowest BCUT2D eigenvalue weighted by Gasteiger charge is -2.48. The smallest absolute Gasteiger partial charge is 0.0688 e. The van der Waals surface area contributed by atoms with E-state index in [0.29, 0.717) is 0 Å². The fourth-order valence-corrected chi connectivity index (χ4v) is 3.23. The molecule has 1 aliphatic rings. The third-order valence-corrected chi connectivity index (χ3v) is 4.62. The number of benzene rings is 1. The SMILES string of the molecule is CN1CCC(c2cccc(Cl)c2)(C(C)(C)O)CC1. The molecule has 1 aromatic carbocycles. The Morgan fingerprint density at radius 1 is 1.28 bits per heavy atom. The molecule has 0 radical (unpaired) electrons. The molecule has 1 aromatic rings. The fraction of sp³-hybridized carbons (Fsp3) is 0.600. The second-order valence-electron chi connectivity index (χ2n) is 5.95. The molecule has 0 atom stereocenters. The summed E-state index contributed by atoms with van der Waals surface area (Å²) in [4.78, 5) is 2.31. The fourth-order valence-electron chi connectivity index (χ4n) is 3.04. The third-order valence-electron chi connectivity index (χ3n) is 4.39. The average molecular weight is 268 g/mol. The van der Waals surface area contributed by atoms with E-state index in [4.69, 9.17) is 11.6 Å². The molecule has 1 saturated heterocycles. The van der Waals surface area contributed by atoms with E-state index in [0.717, 1.165) is 36.5 Å². The predicted molar refractivity (Wildman–Crippen MR) is 76.2 cm³/mol. The Hall–Kier alpha value is -0.570. The summed E-state index contributed by atoms with van der Waals surface area (Å²) in [6, 6.07) is 7.96. The Morgan fingerprint density at radius 2 is 1.89 bits per heavy atom. The molecule has 1 aliphatic heterocycles. The normalized spacial score (nSPS) is 20.9. The molecule has 3 heteroatoms. The van der Waals surface area contributed by atoms with Crippen LogP contribution in [0.15, 0.2) is 24.3 Å². The van der Waals surface area contributed by atoms with Gasteiger partial charge in [0.2, 0.25) is 0 Å². The zero-order valence-electron chi connectivity index (χ0n) is 11.4. The van der Waals surface area contributed by atoms with Crippen LogP contribution in [0.25, 0.3) is 0 Å². The Balaban J connectivity index is 2.43. The van der Waals surface area contributed by atoms with Crippen molar-refractivity contribution < 1.29 is 5.11 Å². The van der Waals surface area contributed by atoms with Crippen molar-refractivity contribution in [1.29, 1.82) is 0 Å². The molecule has 2 nitrogen and oxygen atoms in total. The molecule has 100 valence electrons. The van der Waals surface area contributed by atoms with Gasteiger partial charge < -0.3 is 10.0 Å². The van der Waals surface area contributed by atoms with Gasteiger partial charge in [-0.25, -0.2) is 0 Å². The Kier molecular flexibility index (Phi) is 3.72. The highest BCUT2D eigenvalue weighted by atomic mass is 35.5. The van der Waals surface area contributed by atoms with E-state index in [-0.39, 0.29) is 5.41 Å². The van der Waals surface area contributed by atoms with E-state index in [1.807, 2.05) is 32.0 Å².